The maximum absolute atomic E-state index is 13.4. The topological polar surface area (TPSA) is 62.2 Å². The van der Waals surface area contributed by atoms with E-state index in [9.17, 15) is 9.59 Å². The van der Waals surface area contributed by atoms with Crippen molar-refractivity contribution in [2.75, 3.05) is 12.1 Å². The summed E-state index contributed by atoms with van der Waals surface area (Å²) in [6.45, 7) is 0. The van der Waals surface area contributed by atoms with E-state index in [0.717, 1.165) is 22.5 Å². The highest BCUT2D eigenvalue weighted by Crippen LogP contribution is 2.58. The molecule has 2 amide bonds. The van der Waals surface area contributed by atoms with Crippen molar-refractivity contribution in [2.24, 2.45) is 10.9 Å². The van der Waals surface area contributed by atoms with Crippen molar-refractivity contribution in [3.8, 4) is 0 Å². The van der Waals surface area contributed by atoms with Gasteiger partial charge in [-0.05, 0) is 23.8 Å². The lowest BCUT2D eigenvalue weighted by atomic mass is 9.73. The lowest BCUT2D eigenvalue weighted by Gasteiger charge is -2.35. The Hall–Kier alpha value is -3.77. The summed E-state index contributed by atoms with van der Waals surface area (Å²) in [5.74, 6) is -1.31. The predicted octanol–water partition coefficient (Wildman–Crippen LogP) is 3.45. The molecule has 0 saturated carbocycles. The first-order valence-corrected chi connectivity index (χ1v) is 10.2. The minimum Gasteiger partial charge on any atom is -0.283 e. The zero-order chi connectivity index (χ0) is 21.2. The molecule has 3 aliphatic heterocycles. The van der Waals surface area contributed by atoms with Crippen LogP contribution in [0.5, 0.6) is 0 Å². The van der Waals surface area contributed by atoms with Gasteiger partial charge in [0.2, 0.25) is 5.91 Å². The lowest BCUT2D eigenvalue weighted by Crippen LogP contribution is -2.51. The molecule has 6 rings (SSSR count). The number of carbonyl (C=O) groups is 2. The molecule has 0 radical (unpaired) electrons. The number of likely N-dealkylation sites (N-methyl/N-ethyl adjacent to an activating group) is 1. The van der Waals surface area contributed by atoms with E-state index >= 15 is 0 Å². The van der Waals surface area contributed by atoms with Gasteiger partial charge in [-0.1, -0.05) is 66.7 Å². The summed E-state index contributed by atoms with van der Waals surface area (Å²) < 4.78 is 0. The zero-order valence-electron chi connectivity index (χ0n) is 16.8. The molecule has 31 heavy (non-hydrogen) atoms. The summed E-state index contributed by atoms with van der Waals surface area (Å²) in [6, 6.07) is 27.2. The second-order valence-corrected chi connectivity index (χ2v) is 7.98. The third kappa shape index (κ3) is 2.22. The van der Waals surface area contributed by atoms with Crippen molar-refractivity contribution in [3.05, 3.63) is 96.1 Å². The number of hydroxylamine groups is 1. The van der Waals surface area contributed by atoms with Crippen molar-refractivity contribution in [3.63, 3.8) is 0 Å². The number of fused-ring (bicyclic) bond motifs is 5. The number of hydrogen-bond acceptors (Lipinski definition) is 5. The van der Waals surface area contributed by atoms with Gasteiger partial charge in [0.15, 0.2) is 6.10 Å². The van der Waals surface area contributed by atoms with Gasteiger partial charge in [-0.2, -0.15) is 0 Å². The third-order valence-electron chi connectivity index (χ3n) is 6.41. The highest BCUT2D eigenvalue weighted by molar-refractivity contribution is 6.23. The Balaban J connectivity index is 1.70. The molecule has 6 heteroatoms. The molecule has 3 heterocycles. The number of aliphatic imine (C=N–C) groups is 1. The van der Waals surface area contributed by atoms with Crippen LogP contribution in [0, 0.1) is 5.92 Å². The Morgan fingerprint density at radius 3 is 2.23 bits per heavy atom. The standard InChI is InChI=1S/C25H19N3O3/c1-27-23(29)20-21(24(27)30)31-28-19-15-9-8-14-18(19)22(26-17-12-6-3-7-13-17)25(20,28)16-10-4-2-5-11-16/h2-15,20-21H,1H3/t20-,21+,25-/m0/s1. The summed E-state index contributed by atoms with van der Waals surface area (Å²) in [5.41, 5.74) is 3.01. The van der Waals surface area contributed by atoms with Crippen LogP contribution in [-0.4, -0.2) is 35.6 Å². The number of nitrogens with zero attached hydrogens (tertiary/aromatic N) is 3. The highest BCUT2D eigenvalue weighted by Gasteiger charge is 2.71. The van der Waals surface area contributed by atoms with Gasteiger partial charge in [0.25, 0.3) is 5.91 Å². The maximum atomic E-state index is 13.4. The molecule has 3 aliphatic rings. The van der Waals surface area contributed by atoms with Gasteiger partial charge < -0.3 is 0 Å². The third-order valence-corrected chi connectivity index (χ3v) is 6.41. The normalized spacial score (nSPS) is 27.6. The van der Waals surface area contributed by atoms with Gasteiger partial charge in [0.05, 0.1) is 17.1 Å². The van der Waals surface area contributed by atoms with E-state index in [1.807, 2.05) is 84.9 Å². The van der Waals surface area contributed by atoms with Crippen molar-refractivity contribution in [1.29, 1.82) is 0 Å². The maximum Gasteiger partial charge on any atom is 0.261 e. The van der Waals surface area contributed by atoms with Crippen LogP contribution in [0.3, 0.4) is 0 Å². The van der Waals surface area contributed by atoms with Gasteiger partial charge in [-0.3, -0.25) is 19.3 Å². The largest absolute Gasteiger partial charge is 0.283 e. The van der Waals surface area contributed by atoms with Gasteiger partial charge in [0.1, 0.15) is 11.5 Å². The molecule has 0 aliphatic carbocycles. The van der Waals surface area contributed by atoms with Crippen LogP contribution in [-0.2, 0) is 20.0 Å². The molecule has 0 bridgehead atoms. The first-order valence-electron chi connectivity index (χ1n) is 10.2. The second kappa shape index (κ2) is 6.36. The molecule has 0 aromatic heterocycles. The van der Waals surface area contributed by atoms with Crippen molar-refractivity contribution < 1.29 is 14.4 Å². The molecule has 3 atom stereocenters. The minimum atomic E-state index is -1.04. The van der Waals surface area contributed by atoms with E-state index in [0.29, 0.717) is 5.71 Å². The van der Waals surface area contributed by atoms with Crippen molar-refractivity contribution >= 4 is 28.9 Å². The molecule has 152 valence electrons. The van der Waals surface area contributed by atoms with E-state index in [2.05, 4.69) is 0 Å². The van der Waals surface area contributed by atoms with Crippen molar-refractivity contribution in [1.82, 2.24) is 4.90 Å². The van der Waals surface area contributed by atoms with Gasteiger partial charge in [0, 0.05) is 12.6 Å². The zero-order valence-corrected chi connectivity index (χ0v) is 16.8. The molecule has 2 fully saturated rings. The molecule has 2 saturated heterocycles. The summed E-state index contributed by atoms with van der Waals surface area (Å²) in [7, 11) is 1.52. The fourth-order valence-corrected chi connectivity index (χ4v) is 5.06. The van der Waals surface area contributed by atoms with Crippen molar-refractivity contribution in [2.45, 2.75) is 11.6 Å². The van der Waals surface area contributed by atoms with Gasteiger partial charge in [-0.25, -0.2) is 10.1 Å². The molecule has 6 nitrogen and oxygen atoms in total. The number of carbonyl (C=O) groups excluding carboxylic acids is 2. The predicted molar refractivity (Wildman–Crippen MR) is 116 cm³/mol. The summed E-state index contributed by atoms with van der Waals surface area (Å²) in [6.07, 6.45) is -0.882. The first kappa shape index (κ1) is 18.0. The fraction of sp³-hybridized carbons (Fsp3) is 0.160. The van der Waals surface area contributed by atoms with E-state index in [1.54, 1.807) is 5.06 Å². The Morgan fingerprint density at radius 1 is 0.839 bits per heavy atom. The van der Waals surface area contributed by atoms with Crippen LogP contribution in [0.4, 0.5) is 11.4 Å². The summed E-state index contributed by atoms with van der Waals surface area (Å²) in [4.78, 5) is 38.8. The second-order valence-electron chi connectivity index (χ2n) is 7.98. The Bertz CT molecular complexity index is 1240. The number of anilines is 1. The van der Waals surface area contributed by atoms with E-state index in [4.69, 9.17) is 9.83 Å². The van der Waals surface area contributed by atoms with E-state index < -0.39 is 17.6 Å². The number of benzene rings is 3. The molecule has 3 aromatic carbocycles. The smallest absolute Gasteiger partial charge is 0.261 e. The summed E-state index contributed by atoms with van der Waals surface area (Å²) >= 11 is 0. The molecule has 0 N–H and O–H groups in total. The molecular weight excluding hydrogens is 390 g/mol. The van der Waals surface area contributed by atoms with Crippen LogP contribution in [0.2, 0.25) is 0 Å². The monoisotopic (exact) mass is 409 g/mol. The SMILES string of the molecule is CN1C(=O)[C@@H]2[C@@H](ON3c4ccccc4C(=Nc4ccccc4)[C@]23c2ccccc2)C1=O. The Kier molecular flexibility index (Phi) is 3.70. The fourth-order valence-electron chi connectivity index (χ4n) is 5.06. The van der Waals surface area contributed by atoms with Crippen LogP contribution in [0.1, 0.15) is 11.1 Å². The average molecular weight is 409 g/mol. The van der Waals surface area contributed by atoms with Crippen LogP contribution in [0.25, 0.3) is 0 Å². The van der Waals surface area contributed by atoms with E-state index in [1.165, 1.54) is 11.9 Å². The molecule has 0 spiro atoms. The van der Waals surface area contributed by atoms with Crippen LogP contribution < -0.4 is 5.06 Å². The number of hydrogen-bond donors (Lipinski definition) is 0. The molecular formula is C25H19N3O3. The lowest BCUT2D eigenvalue weighted by molar-refractivity contribution is -0.141. The minimum absolute atomic E-state index is 0.255. The highest BCUT2D eigenvalue weighted by atomic mass is 16.7. The van der Waals surface area contributed by atoms with Gasteiger partial charge in [-0.15, -0.1) is 0 Å². The quantitative estimate of drug-likeness (QED) is 0.609. The molecule has 3 aromatic rings. The van der Waals surface area contributed by atoms with Crippen LogP contribution >= 0.6 is 0 Å². The first-order chi connectivity index (χ1) is 15.1. The number of likely N-dealkylation sites (tertiary alicyclic amines) is 1. The van der Waals surface area contributed by atoms with Crippen LogP contribution in [0.15, 0.2) is 89.9 Å². The molecule has 0 unspecified atom stereocenters. The average Bonchev–Trinajstić information content (AvgIpc) is 3.38. The van der Waals surface area contributed by atoms with Gasteiger partial charge >= 0.3 is 0 Å². The number of para-hydroxylation sites is 2. The number of amides is 2. The Morgan fingerprint density at radius 2 is 1.48 bits per heavy atom. The van der Waals surface area contributed by atoms with E-state index in [-0.39, 0.29) is 11.8 Å². The Labute approximate surface area is 179 Å². The number of imide groups is 1. The number of rotatable bonds is 2. The summed E-state index contributed by atoms with van der Waals surface area (Å²) in [5, 5.41) is 1.75.